The van der Waals surface area contributed by atoms with E-state index in [-0.39, 0.29) is 0 Å². The molecule has 0 saturated carbocycles. The van der Waals surface area contributed by atoms with Crippen LogP contribution in [0.25, 0.3) is 0 Å². The molecule has 0 aliphatic heterocycles. The zero-order valence-corrected chi connectivity index (χ0v) is 11.2. The number of ether oxygens (including phenoxy) is 1. The molecular weight excluding hydrogens is 279 g/mol. The number of halogens is 2. The number of anilines is 1. The Bertz CT molecular complexity index is 322. The number of pyridine rings is 1. The van der Waals surface area contributed by atoms with Gasteiger partial charge in [-0.3, -0.25) is 0 Å². The van der Waals surface area contributed by atoms with Gasteiger partial charge in [0.2, 0.25) is 0 Å². The van der Waals surface area contributed by atoms with Gasteiger partial charge in [0.25, 0.3) is 0 Å². The summed E-state index contributed by atoms with van der Waals surface area (Å²) in [6, 6.07) is 1.85. The first-order valence-corrected chi connectivity index (χ1v) is 5.91. The Hall–Kier alpha value is -0.320. The fraction of sp³-hybridized carbons (Fsp3) is 0.500. The summed E-state index contributed by atoms with van der Waals surface area (Å²) in [4.78, 5) is 6.42. The molecule has 5 heteroatoms. The normalized spacial score (nSPS) is 10.4. The standard InChI is InChI=1S/C10H14BrClN2O/c1-3-14(4-5-15-2)10-9(11)6-8(12)7-13-10/h6-7H,3-5H2,1-2H3. The number of hydrogen-bond donors (Lipinski definition) is 0. The minimum atomic E-state index is 0.633. The first-order chi connectivity index (χ1) is 7.19. The lowest BCUT2D eigenvalue weighted by Crippen LogP contribution is -2.27. The summed E-state index contributed by atoms with van der Waals surface area (Å²) < 4.78 is 5.96. The number of nitrogens with zero attached hydrogens (tertiary/aromatic N) is 2. The quantitative estimate of drug-likeness (QED) is 0.834. The van der Waals surface area contributed by atoms with Crippen LogP contribution in [0, 0.1) is 0 Å². The molecule has 15 heavy (non-hydrogen) atoms. The van der Waals surface area contributed by atoms with Crippen LogP contribution in [0.2, 0.25) is 5.02 Å². The Balaban J connectivity index is 2.81. The third-order valence-corrected chi connectivity index (χ3v) is 2.83. The molecule has 0 aliphatic rings. The zero-order valence-electron chi connectivity index (χ0n) is 8.83. The van der Waals surface area contributed by atoms with Gasteiger partial charge in [-0.15, -0.1) is 0 Å². The first kappa shape index (κ1) is 12.7. The molecule has 0 fully saturated rings. The number of rotatable bonds is 5. The summed E-state index contributed by atoms with van der Waals surface area (Å²) in [5.41, 5.74) is 0. The van der Waals surface area contributed by atoms with E-state index in [4.69, 9.17) is 16.3 Å². The number of aromatic nitrogens is 1. The monoisotopic (exact) mass is 292 g/mol. The smallest absolute Gasteiger partial charge is 0.143 e. The highest BCUT2D eigenvalue weighted by atomic mass is 79.9. The maximum absolute atomic E-state index is 5.83. The van der Waals surface area contributed by atoms with Gasteiger partial charge in [0.05, 0.1) is 16.1 Å². The molecular formula is C10H14BrClN2O. The van der Waals surface area contributed by atoms with Crippen molar-refractivity contribution in [3.8, 4) is 0 Å². The van der Waals surface area contributed by atoms with Crippen molar-refractivity contribution in [1.82, 2.24) is 4.98 Å². The van der Waals surface area contributed by atoms with Gasteiger partial charge in [-0.2, -0.15) is 0 Å². The van der Waals surface area contributed by atoms with E-state index in [1.807, 2.05) is 6.07 Å². The van der Waals surface area contributed by atoms with Crippen molar-refractivity contribution in [2.24, 2.45) is 0 Å². The van der Waals surface area contributed by atoms with Crippen LogP contribution >= 0.6 is 27.5 Å². The van der Waals surface area contributed by atoms with Gasteiger partial charge >= 0.3 is 0 Å². The molecule has 0 aliphatic carbocycles. The first-order valence-electron chi connectivity index (χ1n) is 4.74. The molecule has 1 rings (SSSR count). The van der Waals surface area contributed by atoms with Crippen LogP contribution in [0.3, 0.4) is 0 Å². The van der Waals surface area contributed by atoms with Crippen molar-refractivity contribution < 1.29 is 4.74 Å². The highest BCUT2D eigenvalue weighted by Crippen LogP contribution is 2.26. The highest BCUT2D eigenvalue weighted by Gasteiger charge is 2.09. The highest BCUT2D eigenvalue weighted by molar-refractivity contribution is 9.10. The van der Waals surface area contributed by atoms with E-state index < -0.39 is 0 Å². The zero-order chi connectivity index (χ0) is 11.3. The molecule has 0 N–H and O–H groups in total. The molecule has 1 heterocycles. The molecule has 0 unspecified atom stereocenters. The summed E-state index contributed by atoms with van der Waals surface area (Å²) in [5.74, 6) is 0.902. The lowest BCUT2D eigenvalue weighted by Gasteiger charge is -2.22. The van der Waals surface area contributed by atoms with Gasteiger partial charge in [-0.05, 0) is 28.9 Å². The second kappa shape index (κ2) is 6.30. The van der Waals surface area contributed by atoms with Crippen molar-refractivity contribution in [2.75, 3.05) is 31.7 Å². The fourth-order valence-electron chi connectivity index (χ4n) is 1.26. The topological polar surface area (TPSA) is 25.4 Å². The molecule has 3 nitrogen and oxygen atoms in total. The molecule has 0 atom stereocenters. The minimum absolute atomic E-state index is 0.633. The summed E-state index contributed by atoms with van der Waals surface area (Å²) >= 11 is 9.28. The van der Waals surface area contributed by atoms with Gasteiger partial charge in [-0.25, -0.2) is 4.98 Å². The van der Waals surface area contributed by atoms with Crippen molar-refractivity contribution in [3.05, 3.63) is 21.8 Å². The van der Waals surface area contributed by atoms with E-state index >= 15 is 0 Å². The maximum atomic E-state index is 5.83. The minimum Gasteiger partial charge on any atom is -0.383 e. The SMILES string of the molecule is CCN(CCOC)c1ncc(Cl)cc1Br. The number of hydrogen-bond acceptors (Lipinski definition) is 3. The van der Waals surface area contributed by atoms with Crippen molar-refractivity contribution >= 4 is 33.3 Å². The van der Waals surface area contributed by atoms with Crippen LogP contribution in [0.1, 0.15) is 6.92 Å². The molecule has 0 aromatic carbocycles. The summed E-state index contributed by atoms with van der Waals surface area (Å²) in [6.07, 6.45) is 1.65. The largest absolute Gasteiger partial charge is 0.383 e. The van der Waals surface area contributed by atoms with Crippen LogP contribution in [-0.2, 0) is 4.74 Å². The molecule has 1 aromatic rings. The van der Waals surface area contributed by atoms with E-state index in [0.29, 0.717) is 11.6 Å². The molecule has 84 valence electrons. The van der Waals surface area contributed by atoms with Gasteiger partial charge in [0.1, 0.15) is 5.82 Å². The molecule has 1 aromatic heterocycles. The Morgan fingerprint density at radius 1 is 1.60 bits per heavy atom. The Morgan fingerprint density at radius 3 is 2.87 bits per heavy atom. The Kier molecular flexibility index (Phi) is 5.36. The number of likely N-dealkylation sites (N-methyl/N-ethyl adjacent to an activating group) is 1. The predicted octanol–water partition coefficient (Wildman–Crippen LogP) is 2.97. The second-order valence-corrected chi connectivity index (χ2v) is 4.32. The fourth-order valence-corrected chi connectivity index (χ4v) is 2.14. The van der Waals surface area contributed by atoms with Crippen molar-refractivity contribution in [3.63, 3.8) is 0 Å². The Labute approximate surface area is 104 Å². The molecule has 0 radical (unpaired) electrons. The van der Waals surface area contributed by atoms with E-state index in [2.05, 4.69) is 32.7 Å². The van der Waals surface area contributed by atoms with E-state index in [0.717, 1.165) is 23.4 Å². The predicted molar refractivity (Wildman–Crippen MR) is 66.7 cm³/mol. The van der Waals surface area contributed by atoms with Crippen molar-refractivity contribution in [2.45, 2.75) is 6.92 Å². The molecule has 0 amide bonds. The third-order valence-electron chi connectivity index (χ3n) is 2.03. The van der Waals surface area contributed by atoms with Gasteiger partial charge in [0.15, 0.2) is 0 Å². The lowest BCUT2D eigenvalue weighted by atomic mass is 10.4. The third kappa shape index (κ3) is 3.63. The van der Waals surface area contributed by atoms with E-state index in [9.17, 15) is 0 Å². The number of methoxy groups -OCH3 is 1. The Morgan fingerprint density at radius 2 is 2.33 bits per heavy atom. The summed E-state index contributed by atoms with van der Waals surface area (Å²) in [5, 5.41) is 0.633. The van der Waals surface area contributed by atoms with Crippen LogP contribution < -0.4 is 4.90 Å². The molecule has 0 saturated heterocycles. The van der Waals surface area contributed by atoms with Gasteiger partial charge in [-0.1, -0.05) is 11.6 Å². The van der Waals surface area contributed by atoms with E-state index in [1.165, 1.54) is 0 Å². The second-order valence-electron chi connectivity index (χ2n) is 3.03. The van der Waals surface area contributed by atoms with E-state index in [1.54, 1.807) is 13.3 Å². The van der Waals surface area contributed by atoms with Gasteiger partial charge < -0.3 is 9.64 Å². The van der Waals surface area contributed by atoms with Crippen LogP contribution in [0.4, 0.5) is 5.82 Å². The van der Waals surface area contributed by atoms with Crippen LogP contribution in [0.5, 0.6) is 0 Å². The van der Waals surface area contributed by atoms with Gasteiger partial charge in [0, 0.05) is 26.4 Å². The average molecular weight is 294 g/mol. The molecule has 0 bridgehead atoms. The van der Waals surface area contributed by atoms with Crippen LogP contribution in [0.15, 0.2) is 16.7 Å². The molecule has 0 spiro atoms. The average Bonchev–Trinajstić information content (AvgIpc) is 2.21. The lowest BCUT2D eigenvalue weighted by molar-refractivity contribution is 0.205. The summed E-state index contributed by atoms with van der Waals surface area (Å²) in [6.45, 7) is 4.47. The maximum Gasteiger partial charge on any atom is 0.143 e. The van der Waals surface area contributed by atoms with Crippen molar-refractivity contribution in [1.29, 1.82) is 0 Å². The van der Waals surface area contributed by atoms with Crippen LogP contribution in [-0.4, -0.2) is 31.8 Å². The summed E-state index contributed by atoms with van der Waals surface area (Å²) in [7, 11) is 1.69.